The van der Waals surface area contributed by atoms with Gasteiger partial charge in [-0.25, -0.2) is 4.79 Å². The quantitative estimate of drug-likeness (QED) is 0.450. The highest BCUT2D eigenvalue weighted by Gasteiger charge is 2.21. The van der Waals surface area contributed by atoms with Gasteiger partial charge in [0.2, 0.25) is 5.91 Å². The third-order valence-corrected chi connectivity index (χ3v) is 1.20. The van der Waals surface area contributed by atoms with Crippen molar-refractivity contribution >= 4 is 17.7 Å². The lowest BCUT2D eigenvalue weighted by molar-refractivity contribution is -0.152. The van der Waals surface area contributed by atoms with Crippen LogP contribution >= 0.6 is 0 Å². The predicted octanol–water partition coefficient (Wildman–Crippen LogP) is -0.747. The largest absolute Gasteiger partial charge is 0.463 e. The molecule has 5 heteroatoms. The van der Waals surface area contributed by atoms with Gasteiger partial charge in [-0.1, -0.05) is 0 Å². The zero-order chi connectivity index (χ0) is 9.72. The van der Waals surface area contributed by atoms with Crippen LogP contribution in [0.15, 0.2) is 0 Å². The summed E-state index contributed by atoms with van der Waals surface area (Å²) in [4.78, 5) is 32.0. The van der Waals surface area contributed by atoms with E-state index in [1.165, 1.54) is 13.8 Å². The third-order valence-electron chi connectivity index (χ3n) is 1.20. The molecule has 0 rings (SSSR count). The molecule has 0 aromatic rings. The Morgan fingerprint density at radius 3 is 2.17 bits per heavy atom. The number of nitrogens with one attached hydrogen (secondary N) is 1. The Bertz CT molecular complexity index is 211. The van der Waals surface area contributed by atoms with Crippen LogP contribution in [0.5, 0.6) is 0 Å². The van der Waals surface area contributed by atoms with Crippen molar-refractivity contribution < 1.29 is 19.1 Å². The number of ether oxygens (including phenoxy) is 1. The summed E-state index contributed by atoms with van der Waals surface area (Å²) in [5, 5.41) is 2.27. The first-order valence-corrected chi connectivity index (χ1v) is 3.38. The van der Waals surface area contributed by atoms with Crippen LogP contribution in [0, 0.1) is 0 Å². The molecule has 12 heavy (non-hydrogen) atoms. The van der Waals surface area contributed by atoms with Crippen molar-refractivity contribution in [1.82, 2.24) is 5.32 Å². The van der Waals surface area contributed by atoms with E-state index < -0.39 is 17.8 Å². The van der Waals surface area contributed by atoms with Crippen molar-refractivity contribution in [3.05, 3.63) is 0 Å². The van der Waals surface area contributed by atoms with E-state index in [2.05, 4.69) is 10.1 Å². The van der Waals surface area contributed by atoms with Crippen molar-refractivity contribution in [3.63, 3.8) is 0 Å². The number of methoxy groups -OCH3 is 1. The fraction of sp³-hybridized carbons (Fsp3) is 0.571. The molecule has 0 radical (unpaired) electrons. The second kappa shape index (κ2) is 4.48. The Morgan fingerprint density at radius 1 is 1.33 bits per heavy atom. The molecule has 0 fully saturated rings. The highest BCUT2D eigenvalue weighted by atomic mass is 16.5. The molecular weight excluding hydrogens is 162 g/mol. The minimum absolute atomic E-state index is 0.361. The van der Waals surface area contributed by atoms with E-state index in [0.29, 0.717) is 0 Å². The van der Waals surface area contributed by atoms with E-state index in [4.69, 9.17) is 0 Å². The number of esters is 1. The van der Waals surface area contributed by atoms with Gasteiger partial charge in [0.05, 0.1) is 13.2 Å². The van der Waals surface area contributed by atoms with Gasteiger partial charge in [-0.3, -0.25) is 9.59 Å². The number of hydrogen-bond acceptors (Lipinski definition) is 4. The lowest BCUT2D eigenvalue weighted by Gasteiger charge is -2.08. The summed E-state index contributed by atoms with van der Waals surface area (Å²) >= 11 is 0. The molecule has 1 amide bonds. The third kappa shape index (κ3) is 3.14. The highest BCUT2D eigenvalue weighted by molar-refractivity contribution is 6.35. The van der Waals surface area contributed by atoms with Gasteiger partial charge in [0.15, 0.2) is 0 Å². The van der Waals surface area contributed by atoms with Gasteiger partial charge < -0.3 is 10.1 Å². The number of amides is 1. The van der Waals surface area contributed by atoms with Gasteiger partial charge in [0.1, 0.15) is 0 Å². The summed E-state index contributed by atoms with van der Waals surface area (Å²) in [6.07, 6.45) is 0. The van der Waals surface area contributed by atoms with Crippen LogP contribution in [0.3, 0.4) is 0 Å². The zero-order valence-electron chi connectivity index (χ0n) is 7.21. The van der Waals surface area contributed by atoms with Gasteiger partial charge in [-0.2, -0.15) is 0 Å². The summed E-state index contributed by atoms with van der Waals surface area (Å²) in [6, 6.07) is -0.824. The number of rotatable bonds is 3. The summed E-state index contributed by atoms with van der Waals surface area (Å²) in [6.45, 7) is 2.68. The Hall–Kier alpha value is -1.39. The zero-order valence-corrected chi connectivity index (χ0v) is 7.21. The van der Waals surface area contributed by atoms with Gasteiger partial charge in [0.25, 0.3) is 5.78 Å². The number of carbonyl (C=O) groups is 3. The highest BCUT2D eigenvalue weighted by Crippen LogP contribution is 1.87. The van der Waals surface area contributed by atoms with Crippen LogP contribution in [-0.4, -0.2) is 30.8 Å². The molecule has 1 unspecified atom stereocenters. The number of hydrogen-bond donors (Lipinski definition) is 1. The molecular formula is C7H11NO4. The van der Waals surface area contributed by atoms with E-state index in [0.717, 1.165) is 7.11 Å². The molecule has 1 atom stereocenters. The molecule has 0 aromatic heterocycles. The van der Waals surface area contributed by atoms with Crippen LogP contribution < -0.4 is 5.32 Å². The van der Waals surface area contributed by atoms with Crippen molar-refractivity contribution in [2.45, 2.75) is 19.9 Å². The molecule has 0 saturated carbocycles. The van der Waals surface area contributed by atoms with Crippen molar-refractivity contribution in [1.29, 1.82) is 0 Å². The molecule has 0 aliphatic rings. The Labute approximate surface area is 70.1 Å². The second-order valence-electron chi connectivity index (χ2n) is 2.28. The van der Waals surface area contributed by atoms with E-state index in [-0.39, 0.29) is 5.91 Å². The second-order valence-corrected chi connectivity index (χ2v) is 2.28. The van der Waals surface area contributed by atoms with Crippen LogP contribution in [0.4, 0.5) is 0 Å². The van der Waals surface area contributed by atoms with Gasteiger partial charge in [-0.15, -0.1) is 0 Å². The minimum atomic E-state index is -0.948. The normalized spacial score (nSPS) is 11.6. The van der Waals surface area contributed by atoms with Crippen LogP contribution in [0.2, 0.25) is 0 Å². The standard InChI is InChI=1S/C7H11NO4/c1-4(8-5(2)9)6(10)7(11)12-3/h4H,1-3H3,(H,8,9). The molecule has 0 spiro atoms. The maximum atomic E-state index is 10.9. The molecule has 5 nitrogen and oxygen atoms in total. The van der Waals surface area contributed by atoms with E-state index in [9.17, 15) is 14.4 Å². The first-order valence-electron chi connectivity index (χ1n) is 3.38. The van der Waals surface area contributed by atoms with Gasteiger partial charge in [-0.05, 0) is 6.92 Å². The fourth-order valence-electron chi connectivity index (χ4n) is 0.648. The van der Waals surface area contributed by atoms with Gasteiger partial charge in [0, 0.05) is 6.92 Å². The molecule has 0 saturated heterocycles. The van der Waals surface area contributed by atoms with Crippen molar-refractivity contribution in [2.75, 3.05) is 7.11 Å². The molecule has 0 bridgehead atoms. The average Bonchev–Trinajstić information content (AvgIpc) is 2.00. The van der Waals surface area contributed by atoms with Crippen LogP contribution in [-0.2, 0) is 19.1 Å². The van der Waals surface area contributed by atoms with Crippen molar-refractivity contribution in [2.24, 2.45) is 0 Å². The average molecular weight is 173 g/mol. The summed E-state index contributed by atoms with van der Waals surface area (Å²) < 4.78 is 4.17. The number of Topliss-reactive ketones (excluding diaryl/α,β-unsaturated/α-hetero) is 1. The molecule has 68 valence electrons. The number of ketones is 1. The lowest BCUT2D eigenvalue weighted by Crippen LogP contribution is -2.41. The van der Waals surface area contributed by atoms with Crippen LogP contribution in [0.25, 0.3) is 0 Å². The first-order chi connectivity index (χ1) is 5.49. The number of carbonyl (C=O) groups excluding carboxylic acids is 3. The van der Waals surface area contributed by atoms with E-state index in [1.807, 2.05) is 0 Å². The maximum Gasteiger partial charge on any atom is 0.376 e. The lowest BCUT2D eigenvalue weighted by atomic mass is 10.2. The van der Waals surface area contributed by atoms with Gasteiger partial charge >= 0.3 is 5.97 Å². The summed E-state index contributed by atoms with van der Waals surface area (Å²) in [7, 11) is 1.11. The maximum absolute atomic E-state index is 10.9. The SMILES string of the molecule is COC(=O)C(=O)C(C)NC(C)=O. The van der Waals surface area contributed by atoms with E-state index >= 15 is 0 Å². The Balaban J connectivity index is 4.10. The molecule has 0 aliphatic heterocycles. The minimum Gasteiger partial charge on any atom is -0.463 e. The van der Waals surface area contributed by atoms with E-state index in [1.54, 1.807) is 0 Å². The fourth-order valence-corrected chi connectivity index (χ4v) is 0.648. The Morgan fingerprint density at radius 2 is 1.83 bits per heavy atom. The molecule has 0 aromatic carbocycles. The van der Waals surface area contributed by atoms with Crippen molar-refractivity contribution in [3.8, 4) is 0 Å². The molecule has 0 heterocycles. The smallest absolute Gasteiger partial charge is 0.376 e. The topological polar surface area (TPSA) is 72.5 Å². The predicted molar refractivity (Wildman–Crippen MR) is 40.3 cm³/mol. The monoisotopic (exact) mass is 173 g/mol. The van der Waals surface area contributed by atoms with Crippen LogP contribution in [0.1, 0.15) is 13.8 Å². The Kier molecular flexibility index (Phi) is 3.96. The first kappa shape index (κ1) is 10.6. The summed E-state index contributed by atoms with van der Waals surface area (Å²) in [5.74, 6) is -2.07. The molecule has 1 N–H and O–H groups in total. The summed E-state index contributed by atoms with van der Waals surface area (Å²) in [5.41, 5.74) is 0. The molecule has 0 aliphatic carbocycles.